The molecule has 0 aliphatic carbocycles. The van der Waals surface area contributed by atoms with Gasteiger partial charge < -0.3 is 15.3 Å². The first kappa shape index (κ1) is 16.9. The molecule has 0 aromatic carbocycles. The highest BCUT2D eigenvalue weighted by Crippen LogP contribution is 2.25. The Kier molecular flexibility index (Phi) is 8.01. The predicted octanol–water partition coefficient (Wildman–Crippen LogP) is 2.62. The molecule has 0 saturated heterocycles. The largest absolute Gasteiger partial charge is 0.396 e. The minimum atomic E-state index is -0.801. The SMILES string of the molecule is CC(C)(O)CC(C)(O)CCCCCCCCO. The maximum Gasteiger partial charge on any atom is 0.0646 e. The van der Waals surface area contributed by atoms with E-state index in [1.165, 1.54) is 6.42 Å². The van der Waals surface area contributed by atoms with Crippen LogP contribution in [0.2, 0.25) is 0 Å². The van der Waals surface area contributed by atoms with Crippen LogP contribution in [0.3, 0.4) is 0 Å². The zero-order valence-corrected chi connectivity index (χ0v) is 11.7. The summed E-state index contributed by atoms with van der Waals surface area (Å²) >= 11 is 0. The molecule has 1 atom stereocenters. The van der Waals surface area contributed by atoms with Crippen molar-refractivity contribution >= 4 is 0 Å². The third-order valence-corrected chi connectivity index (χ3v) is 2.94. The molecular weight excluding hydrogens is 216 g/mol. The van der Waals surface area contributed by atoms with Crippen LogP contribution >= 0.6 is 0 Å². The van der Waals surface area contributed by atoms with E-state index in [0.29, 0.717) is 13.0 Å². The Balaban J connectivity index is 3.52. The van der Waals surface area contributed by atoms with Gasteiger partial charge in [0.25, 0.3) is 0 Å². The molecule has 0 aromatic heterocycles. The van der Waals surface area contributed by atoms with Crippen LogP contribution in [0.25, 0.3) is 0 Å². The maximum absolute atomic E-state index is 10.1. The lowest BCUT2D eigenvalue weighted by atomic mass is 9.87. The smallest absolute Gasteiger partial charge is 0.0646 e. The van der Waals surface area contributed by atoms with Crippen molar-refractivity contribution in [2.24, 2.45) is 0 Å². The van der Waals surface area contributed by atoms with E-state index in [0.717, 1.165) is 38.5 Å². The van der Waals surface area contributed by atoms with Crippen molar-refractivity contribution in [2.45, 2.75) is 83.3 Å². The second-order valence-electron chi connectivity index (χ2n) is 6.08. The summed E-state index contributed by atoms with van der Waals surface area (Å²) in [7, 11) is 0. The van der Waals surface area contributed by atoms with Crippen molar-refractivity contribution in [2.75, 3.05) is 6.61 Å². The van der Waals surface area contributed by atoms with E-state index in [-0.39, 0.29) is 0 Å². The van der Waals surface area contributed by atoms with Gasteiger partial charge in [0.15, 0.2) is 0 Å². The summed E-state index contributed by atoms with van der Waals surface area (Å²) in [5, 5.41) is 28.4. The van der Waals surface area contributed by atoms with Gasteiger partial charge in [-0.15, -0.1) is 0 Å². The summed E-state index contributed by atoms with van der Waals surface area (Å²) < 4.78 is 0. The van der Waals surface area contributed by atoms with Crippen molar-refractivity contribution in [3.05, 3.63) is 0 Å². The monoisotopic (exact) mass is 246 g/mol. The molecule has 3 heteroatoms. The van der Waals surface area contributed by atoms with Crippen LogP contribution in [0, 0.1) is 0 Å². The lowest BCUT2D eigenvalue weighted by molar-refractivity contribution is -0.0409. The molecule has 17 heavy (non-hydrogen) atoms. The Hall–Kier alpha value is -0.120. The fourth-order valence-corrected chi connectivity index (χ4v) is 2.35. The zero-order chi connectivity index (χ0) is 13.4. The Bertz CT molecular complexity index is 182. The standard InChI is InChI=1S/C14H30O3/c1-13(2,16)12-14(3,17)10-8-6-4-5-7-9-11-15/h15-17H,4-12H2,1-3H3. The van der Waals surface area contributed by atoms with Gasteiger partial charge in [0.1, 0.15) is 0 Å². The number of unbranched alkanes of at least 4 members (excludes halogenated alkanes) is 5. The van der Waals surface area contributed by atoms with Crippen LogP contribution in [0.4, 0.5) is 0 Å². The zero-order valence-electron chi connectivity index (χ0n) is 11.7. The Labute approximate surface area is 106 Å². The van der Waals surface area contributed by atoms with Gasteiger partial charge in [-0.2, -0.15) is 0 Å². The van der Waals surface area contributed by atoms with Gasteiger partial charge in [-0.1, -0.05) is 32.1 Å². The van der Waals surface area contributed by atoms with Crippen molar-refractivity contribution in [1.82, 2.24) is 0 Å². The van der Waals surface area contributed by atoms with E-state index in [4.69, 9.17) is 5.11 Å². The van der Waals surface area contributed by atoms with Gasteiger partial charge in [-0.25, -0.2) is 0 Å². The summed E-state index contributed by atoms with van der Waals surface area (Å²) in [6.45, 7) is 5.56. The van der Waals surface area contributed by atoms with Crippen LogP contribution in [-0.4, -0.2) is 33.1 Å². The van der Waals surface area contributed by atoms with Gasteiger partial charge in [0.2, 0.25) is 0 Å². The normalized spacial score (nSPS) is 15.9. The molecule has 0 amide bonds. The van der Waals surface area contributed by atoms with Crippen LogP contribution in [-0.2, 0) is 0 Å². The van der Waals surface area contributed by atoms with E-state index in [1.807, 2.05) is 0 Å². The first-order valence-electron chi connectivity index (χ1n) is 6.82. The predicted molar refractivity (Wildman–Crippen MR) is 70.9 cm³/mol. The fourth-order valence-electron chi connectivity index (χ4n) is 2.35. The first-order chi connectivity index (χ1) is 7.77. The summed E-state index contributed by atoms with van der Waals surface area (Å²) in [5.74, 6) is 0. The van der Waals surface area contributed by atoms with E-state index in [2.05, 4.69) is 0 Å². The molecule has 0 spiro atoms. The molecule has 0 aliphatic rings. The number of aliphatic hydroxyl groups excluding tert-OH is 1. The fraction of sp³-hybridized carbons (Fsp3) is 1.00. The van der Waals surface area contributed by atoms with E-state index >= 15 is 0 Å². The molecule has 0 radical (unpaired) electrons. The molecular formula is C14H30O3. The highest BCUT2D eigenvalue weighted by Gasteiger charge is 2.28. The number of hydrogen-bond donors (Lipinski definition) is 3. The minimum absolute atomic E-state index is 0.292. The summed E-state index contributed by atoms with van der Waals surface area (Å²) in [4.78, 5) is 0. The molecule has 0 bridgehead atoms. The number of aliphatic hydroxyl groups is 3. The average molecular weight is 246 g/mol. The number of hydrogen-bond acceptors (Lipinski definition) is 3. The second kappa shape index (κ2) is 8.06. The quantitative estimate of drug-likeness (QED) is 0.519. The molecule has 0 heterocycles. The van der Waals surface area contributed by atoms with Gasteiger partial charge in [-0.3, -0.25) is 0 Å². The highest BCUT2D eigenvalue weighted by molar-refractivity contribution is 4.81. The number of rotatable bonds is 10. The Morgan fingerprint density at radius 2 is 1.24 bits per heavy atom. The first-order valence-corrected chi connectivity index (χ1v) is 6.82. The third kappa shape index (κ3) is 12.1. The molecule has 0 aliphatic heterocycles. The summed E-state index contributed by atoms with van der Waals surface area (Å²) in [6, 6.07) is 0. The van der Waals surface area contributed by atoms with E-state index in [9.17, 15) is 10.2 Å². The minimum Gasteiger partial charge on any atom is -0.396 e. The Morgan fingerprint density at radius 1 is 0.765 bits per heavy atom. The van der Waals surface area contributed by atoms with Crippen molar-refractivity contribution in [3.63, 3.8) is 0 Å². The molecule has 3 N–H and O–H groups in total. The second-order valence-corrected chi connectivity index (χ2v) is 6.08. The van der Waals surface area contributed by atoms with Crippen LogP contribution < -0.4 is 0 Å². The molecule has 0 aromatic rings. The Morgan fingerprint density at radius 3 is 1.71 bits per heavy atom. The topological polar surface area (TPSA) is 60.7 Å². The van der Waals surface area contributed by atoms with Gasteiger partial charge in [-0.05, 0) is 33.6 Å². The van der Waals surface area contributed by atoms with Crippen molar-refractivity contribution < 1.29 is 15.3 Å². The van der Waals surface area contributed by atoms with Crippen LogP contribution in [0.1, 0.15) is 72.1 Å². The third-order valence-electron chi connectivity index (χ3n) is 2.94. The molecule has 0 rings (SSSR count). The van der Waals surface area contributed by atoms with Crippen molar-refractivity contribution in [1.29, 1.82) is 0 Å². The summed E-state index contributed by atoms with van der Waals surface area (Å²) in [5.41, 5.74) is -1.56. The lowest BCUT2D eigenvalue weighted by Crippen LogP contribution is -2.35. The van der Waals surface area contributed by atoms with Gasteiger partial charge in [0, 0.05) is 13.0 Å². The lowest BCUT2D eigenvalue weighted by Gasteiger charge is -2.30. The highest BCUT2D eigenvalue weighted by atomic mass is 16.3. The molecule has 0 saturated carbocycles. The van der Waals surface area contributed by atoms with Gasteiger partial charge in [0.05, 0.1) is 11.2 Å². The molecule has 1 unspecified atom stereocenters. The van der Waals surface area contributed by atoms with E-state index < -0.39 is 11.2 Å². The van der Waals surface area contributed by atoms with Crippen LogP contribution in [0.5, 0.6) is 0 Å². The summed E-state index contributed by atoms with van der Waals surface area (Å²) in [6.07, 6.45) is 7.61. The average Bonchev–Trinajstić information content (AvgIpc) is 2.12. The van der Waals surface area contributed by atoms with Crippen molar-refractivity contribution in [3.8, 4) is 0 Å². The molecule has 104 valence electrons. The van der Waals surface area contributed by atoms with Gasteiger partial charge >= 0.3 is 0 Å². The molecule has 0 fully saturated rings. The molecule has 3 nitrogen and oxygen atoms in total. The van der Waals surface area contributed by atoms with Crippen LogP contribution in [0.15, 0.2) is 0 Å². The van der Waals surface area contributed by atoms with E-state index in [1.54, 1.807) is 20.8 Å². The maximum atomic E-state index is 10.1.